The number of hydrogen-bond acceptors (Lipinski definition) is 2. The highest BCUT2D eigenvalue weighted by molar-refractivity contribution is 7.85. The van der Waals surface area contributed by atoms with Gasteiger partial charge >= 0.3 is 0 Å². The lowest BCUT2D eigenvalue weighted by molar-refractivity contribution is 0.297. The molecule has 1 saturated heterocycles. The first kappa shape index (κ1) is 6.94. The van der Waals surface area contributed by atoms with Crippen LogP contribution in [-0.4, -0.2) is 30.1 Å². The van der Waals surface area contributed by atoms with Crippen LogP contribution in [-0.2, 0) is 10.3 Å². The quantitative estimate of drug-likeness (QED) is 0.384. The zero-order chi connectivity index (χ0) is 6.85. The second kappa shape index (κ2) is 2.61. The minimum absolute atomic E-state index is 0.0756. The van der Waals surface area contributed by atoms with Gasteiger partial charge in [-0.05, 0) is 5.57 Å². The number of rotatable bonds is 1. The number of nitrogens with zero attached hydrogens (tertiary/aromatic N) is 1. The van der Waals surface area contributed by atoms with Gasteiger partial charge in [-0.2, -0.15) is 0 Å². The van der Waals surface area contributed by atoms with Crippen LogP contribution in [0, 0.1) is 5.69 Å². The van der Waals surface area contributed by atoms with E-state index in [0.717, 1.165) is 19.0 Å². The molecule has 1 heterocycles. The smallest absolute Gasteiger partial charge is 0.0186 e. The van der Waals surface area contributed by atoms with E-state index in [-0.39, 0.29) is 10.3 Å². The lowest BCUT2D eigenvalue weighted by atomic mass is 10.2. The molecule has 2 heteroatoms. The van der Waals surface area contributed by atoms with Crippen LogP contribution in [0.3, 0.4) is 0 Å². The molecule has 0 aliphatic carbocycles. The van der Waals surface area contributed by atoms with Crippen LogP contribution in [0.25, 0.3) is 0 Å². The van der Waals surface area contributed by atoms with Gasteiger partial charge in [0.15, 0.2) is 0 Å². The van der Waals surface area contributed by atoms with Crippen molar-refractivity contribution in [2.45, 2.75) is 0 Å². The summed E-state index contributed by atoms with van der Waals surface area (Å²) in [6.07, 6.45) is 2.06. The summed E-state index contributed by atoms with van der Waals surface area (Å²) in [4.78, 5) is 2.31. The fourth-order valence-electron chi connectivity index (χ4n) is 0.965. The third kappa shape index (κ3) is 1.90. The molecule has 1 fully saturated rings. The largest absolute Gasteiger partial charge is 0.447 e. The van der Waals surface area contributed by atoms with E-state index in [1.807, 2.05) is 0 Å². The highest BCUT2D eigenvalue weighted by Crippen LogP contribution is 2.10. The van der Waals surface area contributed by atoms with Gasteiger partial charge in [0, 0.05) is 13.1 Å². The van der Waals surface area contributed by atoms with E-state index in [4.69, 9.17) is 5.69 Å². The molecule has 0 aromatic rings. The topological polar surface area (TPSA) is 3.24 Å². The fraction of sp³-hybridized carbons (Fsp3) is 0.571. The van der Waals surface area contributed by atoms with Crippen molar-refractivity contribution in [2.75, 3.05) is 25.2 Å². The molecule has 0 amide bonds. The average molecular weight is 142 g/mol. The monoisotopic (exact) mass is 142 g/mol. The molecule has 1 nitrogen and oxygen atoms in total. The summed E-state index contributed by atoms with van der Waals surface area (Å²) in [6, 6.07) is 0. The van der Waals surface area contributed by atoms with Crippen molar-refractivity contribution in [1.29, 1.82) is 0 Å². The van der Waals surface area contributed by atoms with E-state index in [0.29, 0.717) is 0 Å². The van der Waals surface area contributed by atoms with E-state index >= 15 is 0 Å². The molecule has 0 radical (unpaired) electrons. The highest BCUT2D eigenvalue weighted by atomic mass is 32.2. The summed E-state index contributed by atoms with van der Waals surface area (Å²) in [5.41, 5.74) is 6.94. The molecular formula is C7H12NS-. The first-order valence-corrected chi connectivity index (χ1v) is 4.81. The van der Waals surface area contributed by atoms with Crippen LogP contribution >= 0.6 is 0 Å². The van der Waals surface area contributed by atoms with E-state index in [1.54, 1.807) is 0 Å². The lowest BCUT2D eigenvalue weighted by Gasteiger charge is -2.37. The maximum absolute atomic E-state index is 5.60. The van der Waals surface area contributed by atoms with Gasteiger partial charge in [-0.15, -0.1) is 6.26 Å². The van der Waals surface area contributed by atoms with Gasteiger partial charge < -0.3 is 20.9 Å². The second-order valence-corrected chi connectivity index (χ2v) is 4.20. The zero-order valence-corrected chi connectivity index (χ0v) is 6.58. The summed E-state index contributed by atoms with van der Waals surface area (Å²) in [7, 11) is 0.0756. The summed E-state index contributed by atoms with van der Waals surface area (Å²) >= 11 is 0. The predicted molar refractivity (Wildman–Crippen MR) is 43.8 cm³/mol. The number of likely N-dealkylation sites (tertiary alicyclic amines) is 1. The molecule has 0 aromatic heterocycles. The third-order valence-corrected chi connectivity index (χ3v) is 2.05. The van der Waals surface area contributed by atoms with Crippen LogP contribution in [0.1, 0.15) is 0 Å². The summed E-state index contributed by atoms with van der Waals surface area (Å²) < 4.78 is 0. The van der Waals surface area contributed by atoms with E-state index in [9.17, 15) is 0 Å². The first-order chi connectivity index (χ1) is 4.18. The molecule has 0 unspecified atom stereocenters. The van der Waals surface area contributed by atoms with Crippen molar-refractivity contribution in [1.82, 2.24) is 4.90 Å². The Bertz CT molecular complexity index is 179. The summed E-state index contributed by atoms with van der Waals surface area (Å²) in [6.45, 7) is 5.97. The molecule has 52 valence electrons. The predicted octanol–water partition coefficient (Wildman–Crippen LogP) is 0.653. The lowest BCUT2D eigenvalue weighted by Crippen LogP contribution is -2.40. The SMILES string of the molecule is C#[S-](C)CN1CC(=C)C1. The maximum atomic E-state index is 5.60. The normalized spacial score (nSPS) is 20.3. The van der Waals surface area contributed by atoms with Crippen molar-refractivity contribution in [2.24, 2.45) is 0 Å². The Morgan fingerprint density at radius 2 is 2.33 bits per heavy atom. The Kier molecular flexibility index (Phi) is 2.01. The van der Waals surface area contributed by atoms with E-state index in [1.165, 1.54) is 5.57 Å². The Balaban J connectivity index is 2.20. The molecule has 0 N–H and O–H groups in total. The molecule has 1 rings (SSSR count). The molecule has 0 bridgehead atoms. The van der Waals surface area contributed by atoms with Gasteiger partial charge in [0.2, 0.25) is 0 Å². The number of hydrogen-bond donors (Lipinski definition) is 0. The molecule has 9 heavy (non-hydrogen) atoms. The van der Waals surface area contributed by atoms with Crippen LogP contribution in [0.2, 0.25) is 0 Å². The van der Waals surface area contributed by atoms with Gasteiger partial charge in [-0.25, -0.2) is 0 Å². The van der Waals surface area contributed by atoms with Crippen molar-refractivity contribution in [3.8, 4) is 5.69 Å². The average Bonchev–Trinajstić information content (AvgIpc) is 1.60. The molecule has 0 spiro atoms. The fourth-order valence-corrected chi connectivity index (χ4v) is 1.72. The molecule has 0 aromatic carbocycles. The highest BCUT2D eigenvalue weighted by Gasteiger charge is 2.13. The van der Waals surface area contributed by atoms with Crippen LogP contribution in [0.15, 0.2) is 12.2 Å². The van der Waals surface area contributed by atoms with Gasteiger partial charge in [-0.1, -0.05) is 12.5 Å². The van der Waals surface area contributed by atoms with Crippen molar-refractivity contribution >= 4 is 10.3 Å². The molecular weight excluding hydrogens is 130 g/mol. The van der Waals surface area contributed by atoms with E-state index in [2.05, 4.69) is 17.7 Å². The zero-order valence-electron chi connectivity index (χ0n) is 5.76. The molecule has 0 saturated carbocycles. The molecule has 0 atom stereocenters. The Morgan fingerprint density at radius 1 is 1.78 bits per heavy atom. The third-order valence-electron chi connectivity index (χ3n) is 1.28. The Hall–Kier alpha value is -0.170. The maximum Gasteiger partial charge on any atom is 0.0186 e. The molecule has 1 aliphatic heterocycles. The summed E-state index contributed by atoms with van der Waals surface area (Å²) in [5.74, 6) is 1.04. The van der Waals surface area contributed by atoms with Gasteiger partial charge in [-0.3, -0.25) is 0 Å². The van der Waals surface area contributed by atoms with E-state index < -0.39 is 0 Å². The van der Waals surface area contributed by atoms with Crippen LogP contribution in [0.4, 0.5) is 0 Å². The molecule has 1 aliphatic rings. The van der Waals surface area contributed by atoms with Crippen molar-refractivity contribution in [3.63, 3.8) is 0 Å². The first-order valence-electron chi connectivity index (χ1n) is 2.94. The summed E-state index contributed by atoms with van der Waals surface area (Å²) in [5, 5.41) is 0. The van der Waals surface area contributed by atoms with Crippen LogP contribution in [0.5, 0.6) is 0 Å². The Labute approximate surface area is 58.9 Å². The van der Waals surface area contributed by atoms with Crippen molar-refractivity contribution < 1.29 is 0 Å². The van der Waals surface area contributed by atoms with Gasteiger partial charge in [0.1, 0.15) is 0 Å². The van der Waals surface area contributed by atoms with Crippen LogP contribution < -0.4 is 0 Å². The minimum atomic E-state index is 0.0756. The van der Waals surface area contributed by atoms with Gasteiger partial charge in [0.25, 0.3) is 0 Å². The van der Waals surface area contributed by atoms with Crippen molar-refractivity contribution in [3.05, 3.63) is 12.2 Å². The Morgan fingerprint density at radius 3 is 2.67 bits per heavy atom. The van der Waals surface area contributed by atoms with Gasteiger partial charge in [0.05, 0.1) is 0 Å². The second-order valence-electron chi connectivity index (χ2n) is 2.56. The minimum Gasteiger partial charge on any atom is -0.447 e. The standard InChI is InChI=1S/C7H12NS/c1-7-4-8(5-7)6-9(2)3/h2H,1,4-6H2,3H3/q-1.